The summed E-state index contributed by atoms with van der Waals surface area (Å²) in [4.78, 5) is 13.6. The molecule has 1 aromatic rings. The molecule has 0 aromatic heterocycles. The summed E-state index contributed by atoms with van der Waals surface area (Å²) in [6.45, 7) is 2.93. The fraction of sp³-hybridized carbons (Fsp3) is 0.417. The highest BCUT2D eigenvalue weighted by atomic mass is 16.1. The number of aryl methyl sites for hydroxylation is 1. The zero-order valence-electron chi connectivity index (χ0n) is 8.71. The molecule has 1 aliphatic heterocycles. The van der Waals surface area contributed by atoms with Crippen LogP contribution in [0, 0.1) is 6.92 Å². The molecule has 0 amide bonds. The summed E-state index contributed by atoms with van der Waals surface area (Å²) in [5, 5.41) is 0. The van der Waals surface area contributed by atoms with Crippen molar-refractivity contribution >= 4 is 11.5 Å². The van der Waals surface area contributed by atoms with Crippen molar-refractivity contribution in [2.75, 3.05) is 18.5 Å². The molecule has 0 fully saturated rings. The highest BCUT2D eigenvalue weighted by Gasteiger charge is 2.16. The predicted molar refractivity (Wildman–Crippen MR) is 57.8 cm³/mol. The Labute approximate surface area is 84.5 Å². The van der Waals surface area contributed by atoms with Gasteiger partial charge in [0.1, 0.15) is 5.78 Å². The van der Waals surface area contributed by atoms with Crippen molar-refractivity contribution in [1.82, 2.24) is 0 Å². The second-order valence-electron chi connectivity index (χ2n) is 4.02. The number of rotatable bonds is 0. The molecule has 0 unspecified atom stereocenters. The molecule has 1 aromatic carbocycles. The first kappa shape index (κ1) is 9.25. The summed E-state index contributed by atoms with van der Waals surface area (Å²) in [6.07, 6.45) is 1.27. The number of hydrogen-bond acceptors (Lipinski definition) is 2. The van der Waals surface area contributed by atoms with Gasteiger partial charge in [0, 0.05) is 32.1 Å². The van der Waals surface area contributed by atoms with Crippen LogP contribution in [0.3, 0.4) is 0 Å². The molecule has 1 aliphatic rings. The molecule has 0 atom stereocenters. The lowest BCUT2D eigenvalue weighted by Gasteiger charge is -2.19. The molecule has 2 rings (SSSR count). The lowest BCUT2D eigenvalue weighted by atomic mass is 10.0. The summed E-state index contributed by atoms with van der Waals surface area (Å²) < 4.78 is 0. The van der Waals surface area contributed by atoms with Gasteiger partial charge in [-0.3, -0.25) is 4.79 Å². The van der Waals surface area contributed by atoms with Crippen LogP contribution in [0.2, 0.25) is 0 Å². The summed E-state index contributed by atoms with van der Waals surface area (Å²) in [5.74, 6) is 0.347. The number of nitrogens with zero attached hydrogens (tertiary/aromatic N) is 1. The number of carbonyl (C=O) groups excluding carboxylic acids is 1. The van der Waals surface area contributed by atoms with Gasteiger partial charge in [0.25, 0.3) is 0 Å². The summed E-state index contributed by atoms with van der Waals surface area (Å²) in [6, 6.07) is 6.31. The molecule has 1 heterocycles. The average molecular weight is 189 g/mol. The third-order valence-electron chi connectivity index (χ3n) is 2.77. The van der Waals surface area contributed by atoms with E-state index in [4.69, 9.17) is 0 Å². The molecule has 0 saturated carbocycles. The lowest BCUT2D eigenvalue weighted by molar-refractivity contribution is -0.118. The van der Waals surface area contributed by atoms with Crippen LogP contribution in [0.15, 0.2) is 18.2 Å². The van der Waals surface area contributed by atoms with Crippen molar-refractivity contribution < 1.29 is 4.79 Å². The monoisotopic (exact) mass is 189 g/mol. The maximum Gasteiger partial charge on any atom is 0.139 e. The molecule has 0 bridgehead atoms. The quantitative estimate of drug-likeness (QED) is 0.621. The third-order valence-corrected chi connectivity index (χ3v) is 2.77. The summed E-state index contributed by atoms with van der Waals surface area (Å²) in [5.41, 5.74) is 3.64. The Morgan fingerprint density at radius 2 is 2.14 bits per heavy atom. The largest absolute Gasteiger partial charge is 0.374 e. The van der Waals surface area contributed by atoms with Gasteiger partial charge in [-0.25, -0.2) is 0 Å². The van der Waals surface area contributed by atoms with E-state index in [1.807, 2.05) is 0 Å². The van der Waals surface area contributed by atoms with E-state index in [-0.39, 0.29) is 0 Å². The van der Waals surface area contributed by atoms with E-state index in [1.165, 1.54) is 16.8 Å². The van der Waals surface area contributed by atoms with Crippen molar-refractivity contribution in [3.8, 4) is 0 Å². The first-order valence-corrected chi connectivity index (χ1v) is 4.99. The van der Waals surface area contributed by atoms with E-state index in [0.717, 1.165) is 6.54 Å². The minimum Gasteiger partial charge on any atom is -0.374 e. The van der Waals surface area contributed by atoms with Gasteiger partial charge >= 0.3 is 0 Å². The van der Waals surface area contributed by atoms with Crippen LogP contribution in [-0.2, 0) is 11.2 Å². The molecule has 2 nitrogen and oxygen atoms in total. The van der Waals surface area contributed by atoms with Gasteiger partial charge in [0.15, 0.2) is 0 Å². The zero-order valence-corrected chi connectivity index (χ0v) is 8.71. The molecule has 14 heavy (non-hydrogen) atoms. The van der Waals surface area contributed by atoms with E-state index >= 15 is 0 Å². The number of hydrogen-bond donors (Lipinski definition) is 0. The minimum absolute atomic E-state index is 0.347. The van der Waals surface area contributed by atoms with Gasteiger partial charge in [-0.15, -0.1) is 0 Å². The Hall–Kier alpha value is -1.31. The van der Waals surface area contributed by atoms with Crippen LogP contribution < -0.4 is 4.90 Å². The number of benzene rings is 1. The Morgan fingerprint density at radius 3 is 2.93 bits per heavy atom. The number of Topliss-reactive ketones (excluding diaryl/α,β-unsaturated/α-hetero) is 1. The first-order valence-electron chi connectivity index (χ1n) is 4.99. The normalized spacial score (nSPS) is 16.4. The van der Waals surface area contributed by atoms with Crippen LogP contribution in [0.1, 0.15) is 17.5 Å². The van der Waals surface area contributed by atoms with Crippen LogP contribution in [0.4, 0.5) is 5.69 Å². The maximum atomic E-state index is 11.4. The maximum absolute atomic E-state index is 11.4. The number of carbonyl (C=O) groups is 1. The molecular weight excluding hydrogens is 174 g/mol. The van der Waals surface area contributed by atoms with Crippen LogP contribution in [0.25, 0.3) is 0 Å². The number of fused-ring (bicyclic) bond motifs is 1. The van der Waals surface area contributed by atoms with Gasteiger partial charge in [0.05, 0.1) is 0 Å². The lowest BCUT2D eigenvalue weighted by Crippen LogP contribution is -2.18. The molecule has 0 saturated heterocycles. The summed E-state index contributed by atoms with van der Waals surface area (Å²) in [7, 11) is 2.05. The van der Waals surface area contributed by atoms with Crippen molar-refractivity contribution in [2.45, 2.75) is 19.8 Å². The molecular formula is C12H15NO. The van der Waals surface area contributed by atoms with Crippen LogP contribution in [0.5, 0.6) is 0 Å². The van der Waals surface area contributed by atoms with Gasteiger partial charge in [0.2, 0.25) is 0 Å². The van der Waals surface area contributed by atoms with Gasteiger partial charge in [-0.2, -0.15) is 0 Å². The molecule has 2 heteroatoms. The predicted octanol–water partition coefficient (Wildman–Crippen LogP) is 1.95. The average Bonchev–Trinajstić information content (AvgIpc) is 2.29. The van der Waals surface area contributed by atoms with Gasteiger partial charge in [-0.05, 0) is 24.1 Å². The second-order valence-corrected chi connectivity index (χ2v) is 4.02. The van der Waals surface area contributed by atoms with Gasteiger partial charge in [-0.1, -0.05) is 12.1 Å². The highest BCUT2D eigenvalue weighted by molar-refractivity contribution is 5.84. The Kier molecular flexibility index (Phi) is 2.28. The highest BCUT2D eigenvalue weighted by Crippen LogP contribution is 2.24. The second kappa shape index (κ2) is 3.45. The number of anilines is 1. The first-order chi connectivity index (χ1) is 6.66. The third kappa shape index (κ3) is 1.65. The van der Waals surface area contributed by atoms with Crippen LogP contribution in [-0.4, -0.2) is 19.4 Å². The standard InChI is InChI=1S/C12H15NO/c1-9-3-4-10-8-11(14)5-6-13(2)12(10)7-9/h3-4,7H,5-6,8H2,1-2H3. The SMILES string of the molecule is Cc1ccc2c(c1)N(C)CCC(=O)C2. The fourth-order valence-electron chi connectivity index (χ4n) is 1.89. The minimum atomic E-state index is 0.347. The van der Waals surface area contributed by atoms with Gasteiger partial charge < -0.3 is 4.90 Å². The van der Waals surface area contributed by atoms with E-state index in [9.17, 15) is 4.79 Å². The zero-order chi connectivity index (χ0) is 10.1. The fourth-order valence-corrected chi connectivity index (χ4v) is 1.89. The van der Waals surface area contributed by atoms with E-state index < -0.39 is 0 Å². The number of ketones is 1. The molecule has 74 valence electrons. The Bertz CT molecular complexity index is 371. The van der Waals surface area contributed by atoms with Crippen LogP contribution >= 0.6 is 0 Å². The van der Waals surface area contributed by atoms with Crippen molar-refractivity contribution in [3.63, 3.8) is 0 Å². The Morgan fingerprint density at radius 1 is 1.36 bits per heavy atom. The Balaban J connectivity index is 2.46. The van der Waals surface area contributed by atoms with Crippen molar-refractivity contribution in [3.05, 3.63) is 29.3 Å². The molecule has 0 spiro atoms. The topological polar surface area (TPSA) is 20.3 Å². The molecule has 0 radical (unpaired) electrons. The smallest absolute Gasteiger partial charge is 0.139 e. The van der Waals surface area contributed by atoms with E-state index in [0.29, 0.717) is 18.6 Å². The molecule has 0 aliphatic carbocycles. The van der Waals surface area contributed by atoms with Crippen molar-refractivity contribution in [1.29, 1.82) is 0 Å². The summed E-state index contributed by atoms with van der Waals surface area (Å²) >= 11 is 0. The van der Waals surface area contributed by atoms with E-state index in [2.05, 4.69) is 37.1 Å². The van der Waals surface area contributed by atoms with Crippen molar-refractivity contribution in [2.24, 2.45) is 0 Å². The van der Waals surface area contributed by atoms with E-state index in [1.54, 1.807) is 0 Å². The molecule has 0 N–H and O–H groups in total.